The number of phenols is 1. The molecule has 0 unspecified atom stereocenters. The van der Waals surface area contributed by atoms with E-state index in [-0.39, 0.29) is 23.5 Å². The molecule has 1 aromatic heterocycles. The van der Waals surface area contributed by atoms with Crippen LogP contribution in [0.2, 0.25) is 0 Å². The van der Waals surface area contributed by atoms with Crippen molar-refractivity contribution in [2.75, 3.05) is 5.32 Å². The van der Waals surface area contributed by atoms with Crippen LogP contribution in [0.1, 0.15) is 20.2 Å². The van der Waals surface area contributed by atoms with E-state index in [2.05, 4.69) is 15.6 Å². The number of carbonyl (C=O) groups excluding carboxylic acids is 1. The Morgan fingerprint density at radius 2 is 2.14 bits per heavy atom. The second kappa shape index (κ2) is 6.23. The second-order valence-electron chi connectivity index (χ2n) is 4.21. The first-order valence-electron chi connectivity index (χ1n) is 5.98. The highest BCUT2D eigenvalue weighted by molar-refractivity contribution is 7.11. The van der Waals surface area contributed by atoms with Crippen molar-refractivity contribution in [1.82, 2.24) is 10.3 Å². The molecule has 2 amide bonds. The van der Waals surface area contributed by atoms with Crippen molar-refractivity contribution < 1.29 is 19.8 Å². The van der Waals surface area contributed by atoms with Gasteiger partial charge >= 0.3 is 12.0 Å². The highest BCUT2D eigenvalue weighted by Crippen LogP contribution is 2.21. The van der Waals surface area contributed by atoms with Gasteiger partial charge in [-0.3, -0.25) is 0 Å². The van der Waals surface area contributed by atoms with Gasteiger partial charge in [0, 0.05) is 16.8 Å². The molecule has 0 aliphatic carbocycles. The summed E-state index contributed by atoms with van der Waals surface area (Å²) in [5, 5.41) is 24.1. The summed E-state index contributed by atoms with van der Waals surface area (Å²) < 4.78 is 0. The number of carbonyl (C=O) groups is 2. The van der Waals surface area contributed by atoms with Crippen LogP contribution in [0.5, 0.6) is 5.75 Å². The van der Waals surface area contributed by atoms with E-state index in [1.54, 1.807) is 6.20 Å². The molecular formula is C13H13N3O4S. The van der Waals surface area contributed by atoms with Gasteiger partial charge in [0.15, 0.2) is 0 Å². The molecule has 0 aliphatic rings. The third kappa shape index (κ3) is 3.93. The zero-order valence-corrected chi connectivity index (χ0v) is 11.9. The number of carboxylic acid groups (broad SMARTS) is 1. The van der Waals surface area contributed by atoms with Crippen LogP contribution in [0.4, 0.5) is 10.5 Å². The number of amides is 2. The lowest BCUT2D eigenvalue weighted by atomic mass is 10.2. The minimum absolute atomic E-state index is 0.275. The molecule has 4 N–H and O–H groups in total. The largest absolute Gasteiger partial charge is 0.507 e. The Kier molecular flexibility index (Phi) is 4.39. The lowest BCUT2D eigenvalue weighted by Crippen LogP contribution is -2.28. The number of aromatic nitrogens is 1. The van der Waals surface area contributed by atoms with Crippen molar-refractivity contribution in [3.8, 4) is 5.75 Å². The molecular weight excluding hydrogens is 294 g/mol. The number of carboxylic acids is 1. The summed E-state index contributed by atoms with van der Waals surface area (Å²) in [5.74, 6) is -1.62. The summed E-state index contributed by atoms with van der Waals surface area (Å²) in [4.78, 5) is 27.7. The molecule has 0 saturated heterocycles. The maximum Gasteiger partial charge on any atom is 0.339 e. The van der Waals surface area contributed by atoms with E-state index in [1.165, 1.54) is 29.5 Å². The molecule has 8 heteroatoms. The van der Waals surface area contributed by atoms with Crippen molar-refractivity contribution in [1.29, 1.82) is 0 Å². The summed E-state index contributed by atoms with van der Waals surface area (Å²) in [6, 6.07) is 3.33. The summed E-state index contributed by atoms with van der Waals surface area (Å²) in [5.41, 5.74) is 0.00127. The van der Waals surface area contributed by atoms with Gasteiger partial charge in [0.25, 0.3) is 0 Å². The number of hydrogen-bond acceptors (Lipinski definition) is 5. The fourth-order valence-corrected chi connectivity index (χ4v) is 2.33. The summed E-state index contributed by atoms with van der Waals surface area (Å²) in [7, 11) is 0. The number of aryl methyl sites for hydroxylation is 1. The van der Waals surface area contributed by atoms with E-state index in [4.69, 9.17) is 5.11 Å². The standard InChI is InChI=1S/C13H13N3O4S/c1-7-5-14-11(21-7)6-15-13(20)16-8-2-3-10(17)9(4-8)12(18)19/h2-5,17H,6H2,1H3,(H,18,19)(H2,15,16,20). The van der Waals surface area contributed by atoms with E-state index >= 15 is 0 Å². The third-order valence-corrected chi connectivity index (χ3v) is 3.47. The van der Waals surface area contributed by atoms with E-state index in [9.17, 15) is 14.7 Å². The average Bonchev–Trinajstić information content (AvgIpc) is 2.84. The van der Waals surface area contributed by atoms with Crippen LogP contribution in [-0.2, 0) is 6.54 Å². The number of rotatable bonds is 4. The lowest BCUT2D eigenvalue weighted by Gasteiger charge is -2.08. The first-order valence-corrected chi connectivity index (χ1v) is 6.80. The van der Waals surface area contributed by atoms with Crippen molar-refractivity contribution >= 4 is 29.0 Å². The maximum atomic E-state index is 11.7. The Morgan fingerprint density at radius 1 is 1.38 bits per heavy atom. The van der Waals surface area contributed by atoms with Crippen LogP contribution in [0.3, 0.4) is 0 Å². The van der Waals surface area contributed by atoms with Crippen molar-refractivity contribution in [3.05, 3.63) is 39.8 Å². The molecule has 1 aromatic carbocycles. The summed E-state index contributed by atoms with van der Waals surface area (Å²) in [6.45, 7) is 2.21. The Morgan fingerprint density at radius 3 is 2.76 bits per heavy atom. The smallest absolute Gasteiger partial charge is 0.339 e. The molecule has 7 nitrogen and oxygen atoms in total. The third-order valence-electron chi connectivity index (χ3n) is 2.55. The van der Waals surface area contributed by atoms with Crippen LogP contribution in [0, 0.1) is 6.92 Å². The van der Waals surface area contributed by atoms with E-state index in [0.717, 1.165) is 9.88 Å². The molecule has 1 heterocycles. The van der Waals surface area contributed by atoms with E-state index in [1.807, 2.05) is 6.92 Å². The number of aromatic hydroxyl groups is 1. The highest BCUT2D eigenvalue weighted by atomic mass is 32.1. The van der Waals surface area contributed by atoms with Gasteiger partial charge in [0.2, 0.25) is 0 Å². The molecule has 2 rings (SSSR count). The topological polar surface area (TPSA) is 112 Å². The van der Waals surface area contributed by atoms with Crippen LogP contribution in [-0.4, -0.2) is 27.2 Å². The number of aromatic carboxylic acids is 1. The Bertz CT molecular complexity index is 684. The first kappa shape index (κ1) is 14.8. The van der Waals surface area contributed by atoms with Gasteiger partial charge in [-0.1, -0.05) is 0 Å². The van der Waals surface area contributed by atoms with Crippen molar-refractivity contribution in [2.45, 2.75) is 13.5 Å². The molecule has 0 aliphatic heterocycles. The van der Waals surface area contributed by atoms with Crippen LogP contribution >= 0.6 is 11.3 Å². The minimum Gasteiger partial charge on any atom is -0.507 e. The minimum atomic E-state index is -1.27. The summed E-state index contributed by atoms with van der Waals surface area (Å²) in [6.07, 6.45) is 1.72. The predicted octanol–water partition coefficient (Wildman–Crippen LogP) is 2.18. The van der Waals surface area contributed by atoms with Gasteiger partial charge in [-0.2, -0.15) is 0 Å². The fraction of sp³-hybridized carbons (Fsp3) is 0.154. The maximum absolute atomic E-state index is 11.7. The summed E-state index contributed by atoms with van der Waals surface area (Å²) >= 11 is 1.48. The molecule has 0 radical (unpaired) electrons. The number of thiazole rings is 1. The zero-order valence-electron chi connectivity index (χ0n) is 11.1. The Hall–Kier alpha value is -2.61. The number of anilines is 1. The van der Waals surface area contributed by atoms with Crippen LogP contribution in [0.25, 0.3) is 0 Å². The number of nitrogens with zero attached hydrogens (tertiary/aromatic N) is 1. The van der Waals surface area contributed by atoms with Crippen molar-refractivity contribution in [2.24, 2.45) is 0 Å². The highest BCUT2D eigenvalue weighted by Gasteiger charge is 2.11. The van der Waals surface area contributed by atoms with Crippen LogP contribution in [0.15, 0.2) is 24.4 Å². The lowest BCUT2D eigenvalue weighted by molar-refractivity contribution is 0.0693. The Balaban J connectivity index is 1.96. The number of urea groups is 1. The van der Waals surface area contributed by atoms with Crippen LogP contribution < -0.4 is 10.6 Å². The molecule has 0 saturated carbocycles. The predicted molar refractivity (Wildman–Crippen MR) is 77.8 cm³/mol. The van der Waals surface area contributed by atoms with Gasteiger partial charge in [0.05, 0.1) is 6.54 Å². The zero-order chi connectivity index (χ0) is 15.4. The van der Waals surface area contributed by atoms with Crippen molar-refractivity contribution in [3.63, 3.8) is 0 Å². The molecule has 21 heavy (non-hydrogen) atoms. The molecule has 0 fully saturated rings. The van der Waals surface area contributed by atoms with Gasteiger partial charge < -0.3 is 20.8 Å². The molecule has 0 bridgehead atoms. The molecule has 0 spiro atoms. The fourth-order valence-electron chi connectivity index (χ4n) is 1.60. The van der Waals surface area contributed by atoms with Gasteiger partial charge in [-0.15, -0.1) is 11.3 Å². The first-order chi connectivity index (χ1) is 9.95. The second-order valence-corrected chi connectivity index (χ2v) is 5.53. The normalized spacial score (nSPS) is 10.1. The van der Waals surface area contributed by atoms with E-state index in [0.29, 0.717) is 0 Å². The Labute approximate surface area is 124 Å². The number of nitrogens with one attached hydrogen (secondary N) is 2. The molecule has 2 aromatic rings. The van der Waals surface area contributed by atoms with Gasteiger partial charge in [0.1, 0.15) is 16.3 Å². The SMILES string of the molecule is Cc1cnc(CNC(=O)Nc2ccc(O)c(C(=O)O)c2)s1. The average molecular weight is 307 g/mol. The van der Waals surface area contributed by atoms with E-state index < -0.39 is 12.0 Å². The molecule has 0 atom stereocenters. The number of hydrogen-bond donors (Lipinski definition) is 4. The monoisotopic (exact) mass is 307 g/mol. The number of benzene rings is 1. The molecule has 110 valence electrons. The van der Waals surface area contributed by atoms with Gasteiger partial charge in [-0.25, -0.2) is 14.6 Å². The quantitative estimate of drug-likeness (QED) is 0.647. The van der Waals surface area contributed by atoms with Gasteiger partial charge in [-0.05, 0) is 25.1 Å².